The Labute approximate surface area is 164 Å². The zero-order valence-corrected chi connectivity index (χ0v) is 17.3. The summed E-state index contributed by atoms with van der Waals surface area (Å²) in [5.41, 5.74) is 10.9. The van der Waals surface area contributed by atoms with Crippen molar-refractivity contribution in [2.24, 2.45) is 16.6 Å². The number of allylic oxidation sites excluding steroid dienone is 4. The molecule has 4 nitrogen and oxygen atoms in total. The standard InChI is InChI=1S/C23H34N4/c1-22(2)10-11-23(3,4)19-15-16(5-6-18(19)22)20-7-12-25-21(26-20)27-13-8-17(24)9-14-27/h7,10-12,16-17H,5-6,8-9,13-15,24H2,1-4H3. The molecule has 1 aromatic rings. The van der Waals surface area contributed by atoms with E-state index in [-0.39, 0.29) is 10.8 Å². The Bertz CT molecular complexity index is 766. The summed E-state index contributed by atoms with van der Waals surface area (Å²) in [6.07, 6.45) is 12.3. The number of anilines is 1. The van der Waals surface area contributed by atoms with Gasteiger partial charge in [0.15, 0.2) is 0 Å². The fourth-order valence-electron chi connectivity index (χ4n) is 5.02. The van der Waals surface area contributed by atoms with Crippen molar-refractivity contribution in [3.63, 3.8) is 0 Å². The van der Waals surface area contributed by atoms with Gasteiger partial charge in [-0.15, -0.1) is 0 Å². The van der Waals surface area contributed by atoms with Crippen molar-refractivity contribution in [3.8, 4) is 0 Å². The molecular weight excluding hydrogens is 332 g/mol. The minimum atomic E-state index is 0.155. The summed E-state index contributed by atoms with van der Waals surface area (Å²) in [6, 6.07) is 2.46. The molecule has 0 spiro atoms. The average Bonchev–Trinajstić information content (AvgIpc) is 2.66. The summed E-state index contributed by atoms with van der Waals surface area (Å²) in [5, 5.41) is 0. The van der Waals surface area contributed by atoms with Gasteiger partial charge in [0.1, 0.15) is 0 Å². The molecule has 27 heavy (non-hydrogen) atoms. The van der Waals surface area contributed by atoms with Crippen LogP contribution in [0.5, 0.6) is 0 Å². The molecule has 4 rings (SSSR count). The minimum Gasteiger partial charge on any atom is -0.341 e. The first kappa shape index (κ1) is 18.7. The van der Waals surface area contributed by atoms with E-state index in [2.05, 4.69) is 55.8 Å². The predicted octanol–water partition coefficient (Wildman–Crippen LogP) is 4.59. The summed E-state index contributed by atoms with van der Waals surface area (Å²) >= 11 is 0. The predicted molar refractivity (Wildman–Crippen MR) is 112 cm³/mol. The molecule has 1 aromatic heterocycles. The monoisotopic (exact) mass is 366 g/mol. The van der Waals surface area contributed by atoms with Crippen molar-refractivity contribution < 1.29 is 0 Å². The van der Waals surface area contributed by atoms with Crippen LogP contribution in [-0.4, -0.2) is 29.1 Å². The molecule has 146 valence electrons. The number of aromatic nitrogens is 2. The third kappa shape index (κ3) is 3.56. The van der Waals surface area contributed by atoms with Crippen LogP contribution in [0.4, 0.5) is 5.95 Å². The molecule has 2 N–H and O–H groups in total. The molecule has 1 saturated heterocycles. The highest BCUT2D eigenvalue weighted by atomic mass is 15.3. The number of nitrogens with zero attached hydrogens (tertiary/aromatic N) is 3. The number of hydrogen-bond acceptors (Lipinski definition) is 4. The largest absolute Gasteiger partial charge is 0.341 e. The van der Waals surface area contributed by atoms with Gasteiger partial charge in [-0.05, 0) is 38.2 Å². The SMILES string of the molecule is CC1(C)C=CC(C)(C)C2=C1CCC(c1ccnc(N3CCC(N)CC3)n1)C2. The highest BCUT2D eigenvalue weighted by Gasteiger charge is 2.39. The second-order valence-electron chi connectivity index (χ2n) is 9.78. The summed E-state index contributed by atoms with van der Waals surface area (Å²) in [4.78, 5) is 11.9. The topological polar surface area (TPSA) is 55.0 Å². The molecule has 0 saturated carbocycles. The van der Waals surface area contributed by atoms with Crippen LogP contribution in [0.2, 0.25) is 0 Å². The van der Waals surface area contributed by atoms with Gasteiger partial charge in [-0.3, -0.25) is 0 Å². The maximum atomic E-state index is 6.05. The lowest BCUT2D eigenvalue weighted by Crippen LogP contribution is -2.40. The van der Waals surface area contributed by atoms with Crippen molar-refractivity contribution in [1.29, 1.82) is 0 Å². The van der Waals surface area contributed by atoms with Gasteiger partial charge < -0.3 is 10.6 Å². The van der Waals surface area contributed by atoms with Gasteiger partial charge in [-0.25, -0.2) is 9.97 Å². The molecule has 2 aliphatic carbocycles. The van der Waals surface area contributed by atoms with Gasteiger partial charge in [-0.1, -0.05) is 51.0 Å². The van der Waals surface area contributed by atoms with Crippen LogP contribution < -0.4 is 10.6 Å². The highest BCUT2D eigenvalue weighted by Crippen LogP contribution is 2.52. The van der Waals surface area contributed by atoms with Gasteiger partial charge in [0.25, 0.3) is 0 Å². The highest BCUT2D eigenvalue weighted by molar-refractivity contribution is 5.41. The van der Waals surface area contributed by atoms with Crippen molar-refractivity contribution in [2.45, 2.75) is 71.8 Å². The van der Waals surface area contributed by atoms with Gasteiger partial charge in [0, 0.05) is 47.8 Å². The number of hydrogen-bond donors (Lipinski definition) is 1. The first-order valence-electron chi connectivity index (χ1n) is 10.5. The van der Waals surface area contributed by atoms with Crippen LogP contribution in [0, 0.1) is 10.8 Å². The van der Waals surface area contributed by atoms with E-state index in [0.29, 0.717) is 12.0 Å². The van der Waals surface area contributed by atoms with E-state index in [1.807, 2.05) is 6.20 Å². The van der Waals surface area contributed by atoms with E-state index >= 15 is 0 Å². The number of rotatable bonds is 2. The number of piperidine rings is 1. The normalized spacial score (nSPS) is 27.6. The molecular formula is C23H34N4. The molecule has 0 amide bonds. The third-order valence-electron chi connectivity index (χ3n) is 6.93. The zero-order valence-electron chi connectivity index (χ0n) is 17.3. The summed E-state index contributed by atoms with van der Waals surface area (Å²) < 4.78 is 0. The van der Waals surface area contributed by atoms with Crippen molar-refractivity contribution in [2.75, 3.05) is 18.0 Å². The fraction of sp³-hybridized carbons (Fsp3) is 0.652. The van der Waals surface area contributed by atoms with Crippen molar-refractivity contribution in [1.82, 2.24) is 9.97 Å². The first-order chi connectivity index (χ1) is 12.8. The van der Waals surface area contributed by atoms with Crippen LogP contribution in [-0.2, 0) is 0 Å². The molecule has 1 atom stereocenters. The second-order valence-corrected chi connectivity index (χ2v) is 9.78. The van der Waals surface area contributed by atoms with Crippen LogP contribution in [0.25, 0.3) is 0 Å². The van der Waals surface area contributed by atoms with E-state index in [9.17, 15) is 0 Å². The zero-order chi connectivity index (χ0) is 19.2. The lowest BCUT2D eigenvalue weighted by Gasteiger charge is -2.43. The lowest BCUT2D eigenvalue weighted by atomic mass is 9.61. The maximum Gasteiger partial charge on any atom is 0.225 e. The van der Waals surface area contributed by atoms with Gasteiger partial charge in [0.05, 0.1) is 0 Å². The lowest BCUT2D eigenvalue weighted by molar-refractivity contribution is 0.390. The molecule has 0 aromatic carbocycles. The van der Waals surface area contributed by atoms with Crippen LogP contribution in [0.1, 0.15) is 71.4 Å². The molecule has 2 heterocycles. The van der Waals surface area contributed by atoms with E-state index in [4.69, 9.17) is 10.7 Å². The molecule has 0 bridgehead atoms. The van der Waals surface area contributed by atoms with Gasteiger partial charge in [0.2, 0.25) is 5.95 Å². The Morgan fingerprint density at radius 2 is 1.67 bits per heavy atom. The third-order valence-corrected chi connectivity index (χ3v) is 6.93. The number of nitrogens with two attached hydrogens (primary N) is 1. The van der Waals surface area contributed by atoms with E-state index in [0.717, 1.165) is 38.3 Å². The van der Waals surface area contributed by atoms with Crippen LogP contribution in [0.3, 0.4) is 0 Å². The Balaban J connectivity index is 1.57. The van der Waals surface area contributed by atoms with Gasteiger partial charge in [-0.2, -0.15) is 0 Å². The minimum absolute atomic E-state index is 0.155. The quantitative estimate of drug-likeness (QED) is 0.778. The molecule has 1 aliphatic heterocycles. The van der Waals surface area contributed by atoms with E-state index in [1.54, 1.807) is 11.1 Å². The summed E-state index contributed by atoms with van der Waals surface area (Å²) in [7, 11) is 0. The van der Waals surface area contributed by atoms with Gasteiger partial charge >= 0.3 is 0 Å². The van der Waals surface area contributed by atoms with Crippen LogP contribution >= 0.6 is 0 Å². The van der Waals surface area contributed by atoms with E-state index in [1.165, 1.54) is 18.5 Å². The first-order valence-corrected chi connectivity index (χ1v) is 10.5. The van der Waals surface area contributed by atoms with Crippen molar-refractivity contribution in [3.05, 3.63) is 41.3 Å². The molecule has 0 radical (unpaired) electrons. The van der Waals surface area contributed by atoms with E-state index < -0.39 is 0 Å². The molecule has 1 unspecified atom stereocenters. The average molecular weight is 367 g/mol. The molecule has 4 heteroatoms. The fourth-order valence-corrected chi connectivity index (χ4v) is 5.02. The Morgan fingerprint density at radius 1 is 1.00 bits per heavy atom. The van der Waals surface area contributed by atoms with Crippen molar-refractivity contribution >= 4 is 5.95 Å². The van der Waals surface area contributed by atoms with Crippen LogP contribution in [0.15, 0.2) is 35.6 Å². The maximum absolute atomic E-state index is 6.05. The second kappa shape index (κ2) is 6.73. The smallest absolute Gasteiger partial charge is 0.225 e. The Kier molecular flexibility index (Phi) is 4.66. The summed E-state index contributed by atoms with van der Waals surface area (Å²) in [5.74, 6) is 1.39. The molecule has 1 fully saturated rings. The Hall–Kier alpha value is -1.68. The summed E-state index contributed by atoms with van der Waals surface area (Å²) in [6.45, 7) is 11.4. The Morgan fingerprint density at radius 3 is 2.37 bits per heavy atom. The molecule has 3 aliphatic rings.